The van der Waals surface area contributed by atoms with Gasteiger partial charge in [-0.25, -0.2) is 0 Å². The van der Waals surface area contributed by atoms with Crippen LogP contribution >= 0.6 is 15.9 Å². The SMILES string of the molecule is FC(F)(F)c1nccc2[nH]cc(Br)c12. The minimum Gasteiger partial charge on any atom is -0.360 e. The van der Waals surface area contributed by atoms with Gasteiger partial charge in [-0.3, -0.25) is 4.98 Å². The third kappa shape index (κ3) is 1.39. The predicted octanol–water partition coefficient (Wildman–Crippen LogP) is 3.34. The molecule has 14 heavy (non-hydrogen) atoms. The summed E-state index contributed by atoms with van der Waals surface area (Å²) in [5, 5.41) is 0.0694. The maximum Gasteiger partial charge on any atom is 0.434 e. The molecule has 0 fully saturated rings. The number of halogens is 4. The van der Waals surface area contributed by atoms with Crippen LogP contribution in [0.15, 0.2) is 22.9 Å². The molecule has 2 aromatic heterocycles. The minimum absolute atomic E-state index is 0.0694. The average Bonchev–Trinajstić information content (AvgIpc) is 2.46. The van der Waals surface area contributed by atoms with Gasteiger partial charge in [0.25, 0.3) is 0 Å². The highest BCUT2D eigenvalue weighted by Crippen LogP contribution is 2.36. The number of alkyl halides is 3. The third-order valence-electron chi connectivity index (χ3n) is 1.81. The normalized spacial score (nSPS) is 12.3. The largest absolute Gasteiger partial charge is 0.434 e. The van der Waals surface area contributed by atoms with Gasteiger partial charge in [-0.15, -0.1) is 0 Å². The van der Waals surface area contributed by atoms with Crippen molar-refractivity contribution in [2.75, 3.05) is 0 Å². The Balaban J connectivity index is 2.82. The molecule has 0 saturated carbocycles. The van der Waals surface area contributed by atoms with Crippen LogP contribution in [0.3, 0.4) is 0 Å². The topological polar surface area (TPSA) is 28.7 Å². The monoisotopic (exact) mass is 264 g/mol. The molecular weight excluding hydrogens is 261 g/mol. The highest BCUT2D eigenvalue weighted by molar-refractivity contribution is 9.10. The average molecular weight is 265 g/mol. The van der Waals surface area contributed by atoms with Crippen LogP contribution in [-0.2, 0) is 6.18 Å². The van der Waals surface area contributed by atoms with Crippen molar-refractivity contribution < 1.29 is 13.2 Å². The van der Waals surface area contributed by atoms with Gasteiger partial charge in [0, 0.05) is 22.3 Å². The minimum atomic E-state index is -4.43. The Morgan fingerprint density at radius 3 is 2.71 bits per heavy atom. The van der Waals surface area contributed by atoms with Crippen LogP contribution in [-0.4, -0.2) is 9.97 Å². The number of hydrogen-bond acceptors (Lipinski definition) is 1. The molecule has 0 aliphatic heterocycles. The highest BCUT2D eigenvalue weighted by Gasteiger charge is 2.35. The fourth-order valence-electron chi connectivity index (χ4n) is 1.25. The summed E-state index contributed by atoms with van der Waals surface area (Å²) >= 11 is 3.04. The van der Waals surface area contributed by atoms with Gasteiger partial charge in [0.05, 0.1) is 5.52 Å². The number of fused-ring (bicyclic) bond motifs is 1. The van der Waals surface area contributed by atoms with E-state index in [1.807, 2.05) is 0 Å². The number of pyridine rings is 1. The second-order valence-electron chi connectivity index (χ2n) is 2.72. The second kappa shape index (κ2) is 2.98. The van der Waals surface area contributed by atoms with E-state index in [0.717, 1.165) is 6.20 Å². The predicted molar refractivity (Wildman–Crippen MR) is 48.8 cm³/mol. The van der Waals surface area contributed by atoms with E-state index in [-0.39, 0.29) is 5.39 Å². The van der Waals surface area contributed by atoms with Gasteiger partial charge in [-0.1, -0.05) is 0 Å². The lowest BCUT2D eigenvalue weighted by molar-refractivity contribution is -0.139. The van der Waals surface area contributed by atoms with E-state index in [1.165, 1.54) is 12.3 Å². The lowest BCUT2D eigenvalue weighted by Crippen LogP contribution is -2.08. The standard InChI is InChI=1S/C8H4BrF3N2/c9-4-3-14-5-1-2-13-7(6(4)5)8(10,11)12/h1-3,14H. The van der Waals surface area contributed by atoms with Crippen molar-refractivity contribution in [2.45, 2.75) is 6.18 Å². The molecule has 2 aromatic rings. The number of aromatic nitrogens is 2. The Labute approximate surface area is 85.3 Å². The van der Waals surface area contributed by atoms with Gasteiger partial charge in [-0.2, -0.15) is 13.2 Å². The number of H-pyrrole nitrogens is 1. The number of nitrogens with zero attached hydrogens (tertiary/aromatic N) is 1. The number of nitrogens with one attached hydrogen (secondary N) is 1. The van der Waals surface area contributed by atoms with Gasteiger partial charge in [0.2, 0.25) is 0 Å². The Hall–Kier alpha value is -1.04. The maximum absolute atomic E-state index is 12.5. The lowest BCUT2D eigenvalue weighted by Gasteiger charge is -2.06. The number of rotatable bonds is 0. The van der Waals surface area contributed by atoms with Crippen LogP contribution in [0.5, 0.6) is 0 Å². The molecule has 0 saturated heterocycles. The van der Waals surface area contributed by atoms with E-state index in [1.54, 1.807) is 0 Å². The maximum atomic E-state index is 12.5. The van der Waals surface area contributed by atoms with E-state index in [4.69, 9.17) is 0 Å². The van der Waals surface area contributed by atoms with E-state index in [2.05, 4.69) is 25.9 Å². The van der Waals surface area contributed by atoms with Crippen molar-refractivity contribution in [3.8, 4) is 0 Å². The van der Waals surface area contributed by atoms with Crippen molar-refractivity contribution in [1.82, 2.24) is 9.97 Å². The van der Waals surface area contributed by atoms with E-state index >= 15 is 0 Å². The van der Waals surface area contributed by atoms with Crippen LogP contribution in [0.2, 0.25) is 0 Å². The smallest absolute Gasteiger partial charge is 0.360 e. The Bertz CT molecular complexity index is 475. The molecule has 74 valence electrons. The van der Waals surface area contributed by atoms with Crippen molar-refractivity contribution in [1.29, 1.82) is 0 Å². The van der Waals surface area contributed by atoms with Crippen molar-refractivity contribution in [3.05, 3.63) is 28.6 Å². The first-order valence-corrected chi connectivity index (χ1v) is 4.48. The first kappa shape index (κ1) is 9.51. The molecule has 1 N–H and O–H groups in total. The highest BCUT2D eigenvalue weighted by atomic mass is 79.9. The van der Waals surface area contributed by atoms with Gasteiger partial charge in [0.1, 0.15) is 0 Å². The Kier molecular flexibility index (Phi) is 2.02. The molecule has 0 aliphatic rings. The van der Waals surface area contributed by atoms with E-state index in [0.29, 0.717) is 9.99 Å². The first-order chi connectivity index (χ1) is 6.50. The molecule has 6 heteroatoms. The molecule has 0 amide bonds. The Morgan fingerprint density at radius 2 is 2.07 bits per heavy atom. The summed E-state index contributed by atoms with van der Waals surface area (Å²) in [5.74, 6) is 0. The molecule has 0 spiro atoms. The fourth-order valence-corrected chi connectivity index (χ4v) is 1.77. The summed E-state index contributed by atoms with van der Waals surface area (Å²) in [6.07, 6.45) is -1.83. The van der Waals surface area contributed by atoms with Crippen molar-refractivity contribution in [3.63, 3.8) is 0 Å². The van der Waals surface area contributed by atoms with Gasteiger partial charge in [-0.05, 0) is 22.0 Å². The molecular formula is C8H4BrF3N2. The van der Waals surface area contributed by atoms with Crippen molar-refractivity contribution >= 4 is 26.8 Å². The fraction of sp³-hybridized carbons (Fsp3) is 0.125. The lowest BCUT2D eigenvalue weighted by atomic mass is 10.2. The number of hydrogen-bond donors (Lipinski definition) is 1. The molecule has 0 aromatic carbocycles. The molecule has 2 nitrogen and oxygen atoms in total. The summed E-state index contributed by atoms with van der Waals surface area (Å²) in [6.45, 7) is 0. The molecule has 2 heterocycles. The quantitative estimate of drug-likeness (QED) is 0.777. The van der Waals surface area contributed by atoms with Crippen LogP contribution in [0.4, 0.5) is 13.2 Å². The van der Waals surface area contributed by atoms with Gasteiger partial charge >= 0.3 is 6.18 Å². The molecule has 0 radical (unpaired) electrons. The molecule has 0 bridgehead atoms. The number of aromatic amines is 1. The summed E-state index contributed by atoms with van der Waals surface area (Å²) in [5.41, 5.74) is -0.456. The zero-order valence-corrected chi connectivity index (χ0v) is 8.28. The van der Waals surface area contributed by atoms with Crippen molar-refractivity contribution in [2.24, 2.45) is 0 Å². The first-order valence-electron chi connectivity index (χ1n) is 3.69. The molecule has 2 rings (SSSR count). The van der Waals surface area contributed by atoms with E-state index < -0.39 is 11.9 Å². The zero-order valence-electron chi connectivity index (χ0n) is 6.69. The molecule has 0 atom stereocenters. The van der Waals surface area contributed by atoms with Gasteiger partial charge < -0.3 is 4.98 Å². The van der Waals surface area contributed by atoms with Crippen LogP contribution in [0.25, 0.3) is 10.9 Å². The zero-order chi connectivity index (χ0) is 10.3. The van der Waals surface area contributed by atoms with E-state index in [9.17, 15) is 13.2 Å². The summed E-state index contributed by atoms with van der Waals surface area (Å²) in [7, 11) is 0. The molecule has 0 aliphatic carbocycles. The second-order valence-corrected chi connectivity index (χ2v) is 3.57. The molecule has 0 unspecified atom stereocenters. The summed E-state index contributed by atoms with van der Waals surface area (Å²) < 4.78 is 37.8. The van der Waals surface area contributed by atoms with Crippen LogP contribution in [0.1, 0.15) is 5.69 Å². The Morgan fingerprint density at radius 1 is 1.36 bits per heavy atom. The van der Waals surface area contributed by atoms with Gasteiger partial charge in [0.15, 0.2) is 5.69 Å². The summed E-state index contributed by atoms with van der Waals surface area (Å²) in [6, 6.07) is 1.50. The van der Waals surface area contributed by atoms with Crippen LogP contribution < -0.4 is 0 Å². The summed E-state index contributed by atoms with van der Waals surface area (Å²) in [4.78, 5) is 6.05. The van der Waals surface area contributed by atoms with Crippen LogP contribution in [0, 0.1) is 0 Å². The third-order valence-corrected chi connectivity index (χ3v) is 2.44.